The summed E-state index contributed by atoms with van der Waals surface area (Å²) in [4.78, 5) is 22.5. The van der Waals surface area contributed by atoms with E-state index in [2.05, 4.69) is 32.2 Å². The van der Waals surface area contributed by atoms with Crippen LogP contribution in [0.4, 0.5) is 10.1 Å². The molecule has 0 unspecified atom stereocenters. The Morgan fingerprint density at radius 1 is 1.14 bits per heavy atom. The number of pyridine rings is 1. The average Bonchev–Trinajstić information content (AvgIpc) is 2.89. The minimum absolute atomic E-state index is 0.0543. The number of methoxy groups -OCH3 is 1. The van der Waals surface area contributed by atoms with Crippen LogP contribution in [0.3, 0.4) is 0 Å². The molecule has 1 N–H and O–H groups in total. The van der Waals surface area contributed by atoms with Crippen LogP contribution < -0.4 is 15.0 Å². The predicted molar refractivity (Wildman–Crippen MR) is 134 cm³/mol. The van der Waals surface area contributed by atoms with Crippen molar-refractivity contribution in [1.82, 2.24) is 15.2 Å². The van der Waals surface area contributed by atoms with Gasteiger partial charge in [0.15, 0.2) is 0 Å². The van der Waals surface area contributed by atoms with Crippen molar-refractivity contribution in [2.24, 2.45) is 5.92 Å². The van der Waals surface area contributed by atoms with Crippen molar-refractivity contribution in [2.45, 2.75) is 25.4 Å². The van der Waals surface area contributed by atoms with Crippen LogP contribution in [-0.2, 0) is 24.2 Å². The van der Waals surface area contributed by atoms with Gasteiger partial charge in [-0.2, -0.15) is 0 Å². The van der Waals surface area contributed by atoms with E-state index in [-0.39, 0.29) is 23.7 Å². The van der Waals surface area contributed by atoms with Gasteiger partial charge in [-0.05, 0) is 47.9 Å². The summed E-state index contributed by atoms with van der Waals surface area (Å²) in [6.07, 6.45) is 3.18. The molecule has 35 heavy (non-hydrogen) atoms. The first kappa shape index (κ1) is 23.3. The standard InChI is InChI=1S/C28H31FN4O2/c1-35-24-10-7-21-16-25(28(34)31-13-11-23-4-2-3-12-30-23)27-19-32(14-15-33(27)26(21)17-24)18-20-5-8-22(29)9-6-20/h2-10,12,17,25,27H,11,13-16,18-19H2,1H3,(H,31,34)/t25-,27+/m0/s1. The van der Waals surface area contributed by atoms with E-state index in [4.69, 9.17) is 4.74 Å². The maximum Gasteiger partial charge on any atom is 0.225 e. The van der Waals surface area contributed by atoms with Crippen molar-refractivity contribution in [2.75, 3.05) is 38.2 Å². The summed E-state index contributed by atoms with van der Waals surface area (Å²) in [5.41, 5.74) is 4.39. The monoisotopic (exact) mass is 474 g/mol. The van der Waals surface area contributed by atoms with E-state index < -0.39 is 0 Å². The molecule has 2 aliphatic rings. The van der Waals surface area contributed by atoms with Gasteiger partial charge in [-0.15, -0.1) is 0 Å². The fraction of sp³-hybridized carbons (Fsp3) is 0.357. The third kappa shape index (κ3) is 5.30. The molecule has 1 fully saturated rings. The van der Waals surface area contributed by atoms with Crippen LogP contribution in [0.5, 0.6) is 5.75 Å². The highest BCUT2D eigenvalue weighted by molar-refractivity contribution is 5.82. The molecule has 6 nitrogen and oxygen atoms in total. The number of nitrogens with one attached hydrogen (secondary N) is 1. The molecule has 2 atom stereocenters. The first-order valence-electron chi connectivity index (χ1n) is 12.2. The summed E-state index contributed by atoms with van der Waals surface area (Å²) in [5.74, 6) is 0.532. The summed E-state index contributed by atoms with van der Waals surface area (Å²) in [7, 11) is 1.68. The lowest BCUT2D eigenvalue weighted by molar-refractivity contribution is -0.126. The van der Waals surface area contributed by atoms with Crippen LogP contribution >= 0.6 is 0 Å². The number of aromatic nitrogens is 1. The summed E-state index contributed by atoms with van der Waals surface area (Å²) in [6.45, 7) is 3.77. The molecule has 5 rings (SSSR count). The van der Waals surface area contributed by atoms with Gasteiger partial charge >= 0.3 is 0 Å². The minimum Gasteiger partial charge on any atom is -0.497 e. The van der Waals surface area contributed by atoms with Crippen molar-refractivity contribution in [3.8, 4) is 5.75 Å². The third-order valence-electron chi connectivity index (χ3n) is 7.07. The van der Waals surface area contributed by atoms with Gasteiger partial charge < -0.3 is 15.0 Å². The Hall–Kier alpha value is -3.45. The highest BCUT2D eigenvalue weighted by Gasteiger charge is 2.41. The quantitative estimate of drug-likeness (QED) is 0.569. The Morgan fingerprint density at radius 3 is 2.77 bits per heavy atom. The van der Waals surface area contributed by atoms with Crippen molar-refractivity contribution >= 4 is 11.6 Å². The summed E-state index contributed by atoms with van der Waals surface area (Å²) in [6, 6.07) is 18.7. The molecule has 1 amide bonds. The van der Waals surface area contributed by atoms with Gasteiger partial charge in [0.1, 0.15) is 11.6 Å². The van der Waals surface area contributed by atoms with Crippen LogP contribution in [0.25, 0.3) is 0 Å². The second kappa shape index (κ2) is 10.4. The van der Waals surface area contributed by atoms with Gasteiger partial charge in [-0.1, -0.05) is 24.3 Å². The lowest BCUT2D eigenvalue weighted by atomic mass is 9.83. The van der Waals surface area contributed by atoms with Crippen molar-refractivity contribution in [3.05, 3.63) is 89.5 Å². The van der Waals surface area contributed by atoms with Crippen molar-refractivity contribution in [3.63, 3.8) is 0 Å². The molecule has 3 heterocycles. The van der Waals surface area contributed by atoms with E-state index in [1.54, 1.807) is 13.3 Å². The summed E-state index contributed by atoms with van der Waals surface area (Å²) in [5, 5.41) is 3.17. The normalized spacial score (nSPS) is 19.5. The largest absolute Gasteiger partial charge is 0.497 e. The van der Waals surface area contributed by atoms with Crippen LogP contribution in [0.2, 0.25) is 0 Å². The molecule has 2 aromatic carbocycles. The zero-order valence-electron chi connectivity index (χ0n) is 20.0. The smallest absolute Gasteiger partial charge is 0.225 e. The van der Waals surface area contributed by atoms with Crippen LogP contribution in [-0.4, -0.2) is 55.1 Å². The minimum atomic E-state index is -0.223. The van der Waals surface area contributed by atoms with E-state index in [0.717, 1.165) is 48.9 Å². The Balaban J connectivity index is 1.33. The molecule has 2 aliphatic heterocycles. The van der Waals surface area contributed by atoms with Gasteiger partial charge in [0, 0.05) is 62.8 Å². The molecule has 0 spiro atoms. The third-order valence-corrected chi connectivity index (χ3v) is 7.07. The lowest BCUT2D eigenvalue weighted by Gasteiger charge is -2.49. The highest BCUT2D eigenvalue weighted by atomic mass is 19.1. The molecule has 0 bridgehead atoms. The fourth-order valence-corrected chi connectivity index (χ4v) is 5.25. The highest BCUT2D eigenvalue weighted by Crippen LogP contribution is 2.38. The number of hydrogen-bond donors (Lipinski definition) is 1. The van der Waals surface area contributed by atoms with E-state index in [1.807, 2.05) is 36.4 Å². The number of carbonyl (C=O) groups is 1. The van der Waals surface area contributed by atoms with Crippen LogP contribution in [0, 0.1) is 11.7 Å². The van der Waals surface area contributed by atoms with E-state index in [1.165, 1.54) is 17.7 Å². The Bertz CT molecular complexity index is 1160. The fourth-order valence-electron chi connectivity index (χ4n) is 5.25. The number of benzene rings is 2. The maximum atomic E-state index is 13.4. The number of carbonyl (C=O) groups excluding carboxylic acids is 1. The Kier molecular flexibility index (Phi) is 6.95. The molecule has 7 heteroatoms. The van der Waals surface area contributed by atoms with Gasteiger partial charge in [0.25, 0.3) is 0 Å². The number of piperazine rings is 1. The van der Waals surface area contributed by atoms with Crippen molar-refractivity contribution < 1.29 is 13.9 Å². The Morgan fingerprint density at radius 2 is 2.00 bits per heavy atom. The Labute approximate surface area is 205 Å². The maximum absolute atomic E-state index is 13.4. The molecule has 1 saturated heterocycles. The van der Waals surface area contributed by atoms with E-state index >= 15 is 0 Å². The topological polar surface area (TPSA) is 57.7 Å². The number of amides is 1. The molecule has 3 aromatic rings. The predicted octanol–water partition coefficient (Wildman–Crippen LogP) is 3.45. The number of hydrogen-bond acceptors (Lipinski definition) is 5. The average molecular weight is 475 g/mol. The van der Waals surface area contributed by atoms with Gasteiger partial charge in [-0.3, -0.25) is 14.7 Å². The number of ether oxygens (including phenoxy) is 1. The van der Waals surface area contributed by atoms with E-state index in [9.17, 15) is 9.18 Å². The molecular weight excluding hydrogens is 443 g/mol. The van der Waals surface area contributed by atoms with Gasteiger partial charge in [0.2, 0.25) is 5.91 Å². The summed E-state index contributed by atoms with van der Waals surface area (Å²) >= 11 is 0. The lowest BCUT2D eigenvalue weighted by Crippen LogP contribution is -2.61. The number of anilines is 1. The SMILES string of the molecule is COc1ccc2c(c1)N1CCN(Cc3ccc(F)cc3)C[C@@H]1[C@@H](C(=O)NCCc1ccccn1)C2. The first-order chi connectivity index (χ1) is 17.1. The van der Waals surface area contributed by atoms with Crippen molar-refractivity contribution in [1.29, 1.82) is 0 Å². The molecular formula is C28H31FN4O2. The number of rotatable bonds is 7. The molecule has 0 saturated carbocycles. The molecule has 1 aromatic heterocycles. The summed E-state index contributed by atoms with van der Waals surface area (Å²) < 4.78 is 18.8. The molecule has 182 valence electrons. The van der Waals surface area contributed by atoms with E-state index in [0.29, 0.717) is 19.4 Å². The second-order valence-electron chi connectivity index (χ2n) is 9.29. The van der Waals surface area contributed by atoms with Gasteiger partial charge in [-0.25, -0.2) is 4.39 Å². The zero-order chi connectivity index (χ0) is 24.2. The van der Waals surface area contributed by atoms with Crippen LogP contribution in [0.1, 0.15) is 16.8 Å². The van der Waals surface area contributed by atoms with Crippen LogP contribution in [0.15, 0.2) is 66.9 Å². The molecule has 0 radical (unpaired) electrons. The molecule has 0 aliphatic carbocycles. The number of fused-ring (bicyclic) bond motifs is 3. The zero-order valence-corrected chi connectivity index (χ0v) is 20.0. The number of nitrogens with zero attached hydrogens (tertiary/aromatic N) is 3. The first-order valence-corrected chi connectivity index (χ1v) is 12.2. The number of halogens is 1. The van der Waals surface area contributed by atoms with Gasteiger partial charge in [0.05, 0.1) is 19.1 Å². The second-order valence-corrected chi connectivity index (χ2v) is 9.29.